The van der Waals surface area contributed by atoms with Crippen LogP contribution in [0.5, 0.6) is 0 Å². The Labute approximate surface area is 115 Å². The molecule has 100 valence electrons. The molecule has 3 rings (SSSR count). The van der Waals surface area contributed by atoms with Crippen LogP contribution in [0.25, 0.3) is 5.69 Å². The molecule has 0 saturated carbocycles. The van der Waals surface area contributed by atoms with Gasteiger partial charge in [0.1, 0.15) is 0 Å². The topological polar surface area (TPSA) is 81.4 Å². The van der Waals surface area contributed by atoms with Crippen molar-refractivity contribution in [2.45, 2.75) is 13.1 Å². The molecule has 0 bridgehead atoms. The van der Waals surface area contributed by atoms with E-state index < -0.39 is 0 Å². The Bertz CT molecular complexity index is 651. The predicted molar refractivity (Wildman–Crippen MR) is 71.7 cm³/mol. The molecule has 0 unspecified atom stereocenters. The molecule has 0 aliphatic rings. The normalized spacial score (nSPS) is 10.6. The maximum absolute atomic E-state index is 4.03. The lowest BCUT2D eigenvalue weighted by Crippen LogP contribution is -2.17. The molecule has 7 nitrogen and oxygen atoms in total. The van der Waals surface area contributed by atoms with Gasteiger partial charge in [0.2, 0.25) is 0 Å². The Kier molecular flexibility index (Phi) is 3.70. The Balaban J connectivity index is 1.66. The van der Waals surface area contributed by atoms with Crippen molar-refractivity contribution in [3.63, 3.8) is 0 Å². The summed E-state index contributed by atoms with van der Waals surface area (Å²) in [5.74, 6) is 0.750. The fourth-order valence-corrected chi connectivity index (χ4v) is 1.82. The van der Waals surface area contributed by atoms with E-state index in [9.17, 15) is 0 Å². The first-order chi connectivity index (χ1) is 9.93. The third-order valence-corrected chi connectivity index (χ3v) is 2.75. The van der Waals surface area contributed by atoms with Crippen LogP contribution in [-0.2, 0) is 13.1 Å². The average molecular weight is 267 g/mol. The maximum Gasteiger partial charge on any atom is 0.170 e. The lowest BCUT2D eigenvalue weighted by molar-refractivity contribution is 0.628. The Morgan fingerprint density at radius 2 is 1.85 bits per heavy atom. The minimum Gasteiger partial charge on any atom is -0.304 e. The number of nitrogens with zero attached hydrogens (tertiary/aromatic N) is 6. The fourth-order valence-electron chi connectivity index (χ4n) is 1.82. The molecule has 0 atom stereocenters. The van der Waals surface area contributed by atoms with E-state index in [0.717, 1.165) is 17.2 Å². The van der Waals surface area contributed by atoms with E-state index in [1.165, 1.54) is 0 Å². The van der Waals surface area contributed by atoms with Crippen LogP contribution in [0.2, 0.25) is 0 Å². The molecule has 0 aliphatic carbocycles. The van der Waals surface area contributed by atoms with E-state index in [2.05, 4.69) is 31.0 Å². The first-order valence-electron chi connectivity index (χ1n) is 6.23. The maximum atomic E-state index is 4.03. The van der Waals surface area contributed by atoms with Crippen molar-refractivity contribution < 1.29 is 0 Å². The van der Waals surface area contributed by atoms with Crippen LogP contribution in [0.3, 0.4) is 0 Å². The molecule has 1 aromatic carbocycles. The molecular formula is C13H13N7. The van der Waals surface area contributed by atoms with Gasteiger partial charge in [-0.2, -0.15) is 14.9 Å². The van der Waals surface area contributed by atoms with Crippen LogP contribution in [0, 0.1) is 0 Å². The molecule has 0 radical (unpaired) electrons. The second-order valence-corrected chi connectivity index (χ2v) is 4.16. The van der Waals surface area contributed by atoms with E-state index >= 15 is 0 Å². The van der Waals surface area contributed by atoms with Gasteiger partial charge in [-0.3, -0.25) is 0 Å². The molecule has 2 aromatic heterocycles. The zero-order valence-corrected chi connectivity index (χ0v) is 10.7. The van der Waals surface area contributed by atoms with Crippen molar-refractivity contribution in [2.24, 2.45) is 0 Å². The lowest BCUT2D eigenvalue weighted by Gasteiger charge is -2.05. The molecule has 2 heterocycles. The molecule has 7 heteroatoms. The number of benzene rings is 1. The van der Waals surface area contributed by atoms with E-state index in [-0.39, 0.29) is 0 Å². The smallest absolute Gasteiger partial charge is 0.170 e. The summed E-state index contributed by atoms with van der Waals surface area (Å²) in [5.41, 5.74) is 1.82. The summed E-state index contributed by atoms with van der Waals surface area (Å²) >= 11 is 0. The SMILES string of the molecule is c1ccc(-n2nnnc2CNCc2cccnn2)cc1. The van der Waals surface area contributed by atoms with Crippen molar-refractivity contribution in [1.29, 1.82) is 0 Å². The zero-order valence-electron chi connectivity index (χ0n) is 10.7. The molecule has 0 saturated heterocycles. The number of para-hydroxylation sites is 1. The summed E-state index contributed by atoms with van der Waals surface area (Å²) in [7, 11) is 0. The number of hydrogen-bond donors (Lipinski definition) is 1. The molecule has 20 heavy (non-hydrogen) atoms. The summed E-state index contributed by atoms with van der Waals surface area (Å²) in [5, 5.41) is 22.8. The number of aromatic nitrogens is 6. The zero-order chi connectivity index (χ0) is 13.6. The third-order valence-electron chi connectivity index (χ3n) is 2.75. The molecule has 0 aliphatic heterocycles. The van der Waals surface area contributed by atoms with E-state index in [1.807, 2.05) is 42.5 Å². The van der Waals surface area contributed by atoms with Crippen LogP contribution >= 0.6 is 0 Å². The Morgan fingerprint density at radius 3 is 2.65 bits per heavy atom. The van der Waals surface area contributed by atoms with Crippen molar-refractivity contribution in [2.75, 3.05) is 0 Å². The summed E-state index contributed by atoms with van der Waals surface area (Å²) in [6, 6.07) is 13.6. The van der Waals surface area contributed by atoms with Crippen LogP contribution in [0.15, 0.2) is 48.7 Å². The van der Waals surface area contributed by atoms with E-state index in [4.69, 9.17) is 0 Å². The molecule has 0 fully saturated rings. The molecule has 0 spiro atoms. The molecule has 3 aromatic rings. The summed E-state index contributed by atoms with van der Waals surface area (Å²) in [6.45, 7) is 1.17. The van der Waals surface area contributed by atoms with Gasteiger partial charge >= 0.3 is 0 Å². The van der Waals surface area contributed by atoms with Gasteiger partial charge in [0, 0.05) is 12.7 Å². The average Bonchev–Trinajstić information content (AvgIpc) is 2.98. The van der Waals surface area contributed by atoms with Gasteiger partial charge in [0.05, 0.1) is 17.9 Å². The molecule has 0 amide bonds. The largest absolute Gasteiger partial charge is 0.304 e. The quantitative estimate of drug-likeness (QED) is 0.734. The standard InChI is InChI=1S/C13H13N7/c1-2-6-12(7-3-1)20-13(17-18-19-20)10-14-9-11-5-4-8-15-16-11/h1-8,14H,9-10H2. The number of nitrogens with one attached hydrogen (secondary N) is 1. The molecule has 1 N–H and O–H groups in total. The van der Waals surface area contributed by atoms with Crippen LogP contribution in [-0.4, -0.2) is 30.4 Å². The number of tetrazole rings is 1. The highest BCUT2D eigenvalue weighted by atomic mass is 15.5. The van der Waals surface area contributed by atoms with Gasteiger partial charge in [-0.25, -0.2) is 0 Å². The van der Waals surface area contributed by atoms with Gasteiger partial charge in [-0.15, -0.1) is 5.10 Å². The number of rotatable bonds is 5. The van der Waals surface area contributed by atoms with Gasteiger partial charge in [0.25, 0.3) is 0 Å². The van der Waals surface area contributed by atoms with Crippen LogP contribution < -0.4 is 5.32 Å². The summed E-state index contributed by atoms with van der Waals surface area (Å²) in [6.07, 6.45) is 1.65. The van der Waals surface area contributed by atoms with Crippen molar-refractivity contribution >= 4 is 0 Å². The van der Waals surface area contributed by atoms with Gasteiger partial charge in [-0.1, -0.05) is 18.2 Å². The highest BCUT2D eigenvalue weighted by Gasteiger charge is 2.07. The summed E-state index contributed by atoms with van der Waals surface area (Å²) < 4.78 is 1.71. The predicted octanol–water partition coefficient (Wildman–Crippen LogP) is 0.742. The second kappa shape index (κ2) is 5.98. The second-order valence-electron chi connectivity index (χ2n) is 4.16. The minimum absolute atomic E-state index is 0.554. The number of hydrogen-bond acceptors (Lipinski definition) is 6. The van der Waals surface area contributed by atoms with E-state index in [1.54, 1.807) is 10.9 Å². The Morgan fingerprint density at radius 1 is 0.950 bits per heavy atom. The lowest BCUT2D eigenvalue weighted by atomic mass is 10.3. The molecular weight excluding hydrogens is 254 g/mol. The van der Waals surface area contributed by atoms with Crippen LogP contribution in [0.4, 0.5) is 0 Å². The Hall–Kier alpha value is -2.67. The van der Waals surface area contributed by atoms with Crippen LogP contribution in [0.1, 0.15) is 11.5 Å². The van der Waals surface area contributed by atoms with Crippen molar-refractivity contribution in [3.8, 4) is 5.69 Å². The van der Waals surface area contributed by atoms with Gasteiger partial charge < -0.3 is 5.32 Å². The van der Waals surface area contributed by atoms with E-state index in [0.29, 0.717) is 13.1 Å². The van der Waals surface area contributed by atoms with Gasteiger partial charge in [-0.05, 0) is 34.7 Å². The third kappa shape index (κ3) is 2.83. The first kappa shape index (κ1) is 12.4. The first-order valence-corrected chi connectivity index (χ1v) is 6.23. The van der Waals surface area contributed by atoms with Crippen molar-refractivity contribution in [3.05, 3.63) is 60.2 Å². The van der Waals surface area contributed by atoms with Gasteiger partial charge in [0.15, 0.2) is 5.82 Å². The monoisotopic (exact) mass is 267 g/mol. The van der Waals surface area contributed by atoms with Crippen molar-refractivity contribution in [1.82, 2.24) is 35.7 Å². The highest BCUT2D eigenvalue weighted by molar-refractivity contribution is 5.30. The highest BCUT2D eigenvalue weighted by Crippen LogP contribution is 2.06. The summed E-state index contributed by atoms with van der Waals surface area (Å²) in [4.78, 5) is 0. The minimum atomic E-state index is 0.554. The fraction of sp³-hybridized carbons (Fsp3) is 0.154.